The first-order chi connectivity index (χ1) is 12.8. The molecule has 0 aliphatic carbocycles. The Morgan fingerprint density at radius 3 is 2.67 bits per heavy atom. The minimum absolute atomic E-state index is 0.143. The fraction of sp³-hybridized carbons (Fsp3) is 0.105. The zero-order chi connectivity index (χ0) is 19.6. The number of nitrogens with one attached hydrogen (secondary N) is 2. The maximum atomic E-state index is 12.4. The molecule has 2 heterocycles. The lowest BCUT2D eigenvalue weighted by Crippen LogP contribution is -2.34. The Bertz CT molecular complexity index is 1040. The molecule has 8 heteroatoms. The lowest BCUT2D eigenvalue weighted by molar-refractivity contribution is 0.0951. The van der Waals surface area contributed by atoms with Gasteiger partial charge in [0.25, 0.3) is 5.91 Å². The standard InChI is InChI=1S/C19H15ClIN3O2S/c1-10-3-4-12(9-13(10)20)15-6-7-16(26-15)18(25)24-19(27)23-17-8-5-14(21)11(2)22-17/h3-9H,1-2H3,(H2,22,23,24,25,27). The predicted octanol–water partition coefficient (Wildman–Crippen LogP) is 5.34. The molecular formula is C19H15ClIN3O2S. The van der Waals surface area contributed by atoms with Crippen molar-refractivity contribution in [2.24, 2.45) is 0 Å². The molecule has 3 aromatic rings. The number of furan rings is 1. The van der Waals surface area contributed by atoms with E-state index in [0.717, 1.165) is 20.4 Å². The molecule has 1 amide bonds. The monoisotopic (exact) mass is 511 g/mol. The Balaban J connectivity index is 1.67. The summed E-state index contributed by atoms with van der Waals surface area (Å²) in [5.74, 6) is 0.820. The number of anilines is 1. The number of halogens is 2. The van der Waals surface area contributed by atoms with Crippen molar-refractivity contribution in [3.8, 4) is 11.3 Å². The molecule has 1 aromatic carbocycles. The average molecular weight is 512 g/mol. The number of nitrogens with zero attached hydrogens (tertiary/aromatic N) is 1. The quantitative estimate of drug-likeness (QED) is 0.367. The number of hydrogen-bond donors (Lipinski definition) is 2. The summed E-state index contributed by atoms with van der Waals surface area (Å²) in [7, 11) is 0. The number of benzene rings is 1. The van der Waals surface area contributed by atoms with Crippen molar-refractivity contribution < 1.29 is 9.21 Å². The Hall–Kier alpha value is -1.97. The fourth-order valence-corrected chi connectivity index (χ4v) is 2.97. The van der Waals surface area contributed by atoms with E-state index in [1.54, 1.807) is 24.3 Å². The maximum absolute atomic E-state index is 12.4. The number of rotatable bonds is 3. The first kappa shape index (κ1) is 19.8. The molecule has 2 N–H and O–H groups in total. The van der Waals surface area contributed by atoms with Gasteiger partial charge in [0.15, 0.2) is 10.9 Å². The number of carbonyl (C=O) groups is 1. The van der Waals surface area contributed by atoms with Crippen LogP contribution < -0.4 is 10.6 Å². The summed E-state index contributed by atoms with van der Waals surface area (Å²) in [4.78, 5) is 16.7. The maximum Gasteiger partial charge on any atom is 0.293 e. The van der Waals surface area contributed by atoms with Crippen molar-refractivity contribution in [1.82, 2.24) is 10.3 Å². The van der Waals surface area contributed by atoms with Crippen LogP contribution in [0.25, 0.3) is 11.3 Å². The molecule has 27 heavy (non-hydrogen) atoms. The van der Waals surface area contributed by atoms with E-state index in [9.17, 15) is 4.79 Å². The summed E-state index contributed by atoms with van der Waals surface area (Å²) in [5.41, 5.74) is 2.65. The van der Waals surface area contributed by atoms with Crippen LogP contribution in [0, 0.1) is 17.4 Å². The number of hydrogen-bond acceptors (Lipinski definition) is 4. The minimum Gasteiger partial charge on any atom is -0.451 e. The number of aromatic nitrogens is 1. The zero-order valence-corrected chi connectivity index (χ0v) is 18.2. The van der Waals surface area contributed by atoms with Crippen molar-refractivity contribution in [3.05, 3.63) is 68.1 Å². The number of pyridine rings is 1. The zero-order valence-electron chi connectivity index (χ0n) is 14.5. The van der Waals surface area contributed by atoms with Crippen molar-refractivity contribution in [2.45, 2.75) is 13.8 Å². The molecule has 138 valence electrons. The smallest absolute Gasteiger partial charge is 0.293 e. The molecule has 0 aliphatic rings. The van der Waals surface area contributed by atoms with Gasteiger partial charge in [-0.05, 0) is 84.6 Å². The molecule has 5 nitrogen and oxygen atoms in total. The van der Waals surface area contributed by atoms with Gasteiger partial charge in [-0.3, -0.25) is 10.1 Å². The molecule has 0 atom stereocenters. The molecule has 0 saturated carbocycles. The number of aryl methyl sites for hydroxylation is 2. The third-order valence-corrected chi connectivity index (χ3v) is 5.53. The Morgan fingerprint density at radius 1 is 1.19 bits per heavy atom. The van der Waals surface area contributed by atoms with Crippen LogP contribution in [0.15, 0.2) is 46.9 Å². The molecule has 3 rings (SSSR count). The summed E-state index contributed by atoms with van der Waals surface area (Å²) in [6.45, 7) is 3.82. The van der Waals surface area contributed by atoms with Gasteiger partial charge in [0.2, 0.25) is 0 Å². The fourth-order valence-electron chi connectivity index (χ4n) is 2.29. The molecule has 0 spiro atoms. The van der Waals surface area contributed by atoms with Crippen LogP contribution in [0.3, 0.4) is 0 Å². The first-order valence-corrected chi connectivity index (χ1v) is 9.82. The number of amides is 1. The first-order valence-electron chi connectivity index (χ1n) is 7.95. The second kappa shape index (κ2) is 8.37. The molecule has 0 saturated heterocycles. The topological polar surface area (TPSA) is 67.2 Å². The van der Waals surface area contributed by atoms with Gasteiger partial charge in [0, 0.05) is 14.2 Å². The largest absolute Gasteiger partial charge is 0.451 e. The van der Waals surface area contributed by atoms with Gasteiger partial charge in [0.1, 0.15) is 11.6 Å². The van der Waals surface area contributed by atoms with Crippen LogP contribution in [0.1, 0.15) is 21.8 Å². The van der Waals surface area contributed by atoms with Crippen LogP contribution >= 0.6 is 46.4 Å². The van der Waals surface area contributed by atoms with Gasteiger partial charge in [0.05, 0.1) is 5.69 Å². The highest BCUT2D eigenvalue weighted by atomic mass is 127. The third kappa shape index (κ3) is 4.85. The van der Waals surface area contributed by atoms with E-state index in [4.69, 9.17) is 28.2 Å². The third-order valence-electron chi connectivity index (χ3n) is 3.78. The molecule has 0 unspecified atom stereocenters. The molecular weight excluding hydrogens is 497 g/mol. The average Bonchev–Trinajstić information content (AvgIpc) is 3.11. The van der Waals surface area contributed by atoms with Gasteiger partial charge >= 0.3 is 0 Å². The highest BCUT2D eigenvalue weighted by molar-refractivity contribution is 14.1. The molecule has 0 bridgehead atoms. The van der Waals surface area contributed by atoms with E-state index in [2.05, 4.69) is 38.2 Å². The van der Waals surface area contributed by atoms with Crippen molar-refractivity contribution in [1.29, 1.82) is 0 Å². The summed E-state index contributed by atoms with van der Waals surface area (Å²) >= 11 is 13.5. The summed E-state index contributed by atoms with van der Waals surface area (Å²) in [6, 6.07) is 12.6. The van der Waals surface area contributed by atoms with Gasteiger partial charge in [-0.2, -0.15) is 0 Å². The van der Waals surface area contributed by atoms with Crippen LogP contribution in [0.2, 0.25) is 5.02 Å². The van der Waals surface area contributed by atoms with E-state index in [0.29, 0.717) is 16.6 Å². The molecule has 0 radical (unpaired) electrons. The van der Waals surface area contributed by atoms with E-state index in [-0.39, 0.29) is 10.9 Å². The predicted molar refractivity (Wildman–Crippen MR) is 119 cm³/mol. The van der Waals surface area contributed by atoms with Crippen molar-refractivity contribution >= 4 is 63.2 Å². The normalized spacial score (nSPS) is 10.5. The Morgan fingerprint density at radius 2 is 1.96 bits per heavy atom. The Labute approximate surface area is 180 Å². The van der Waals surface area contributed by atoms with E-state index in [1.165, 1.54) is 0 Å². The SMILES string of the molecule is Cc1ccc(-c2ccc(C(=O)NC(=S)Nc3ccc(I)c(C)n3)o2)cc1Cl. The molecule has 2 aromatic heterocycles. The van der Waals surface area contributed by atoms with Gasteiger partial charge in [-0.25, -0.2) is 4.98 Å². The van der Waals surface area contributed by atoms with Crippen LogP contribution in [0.5, 0.6) is 0 Å². The Kier molecular flexibility index (Phi) is 6.13. The van der Waals surface area contributed by atoms with E-state index < -0.39 is 5.91 Å². The van der Waals surface area contributed by atoms with Crippen LogP contribution in [0.4, 0.5) is 5.82 Å². The molecule has 0 fully saturated rings. The highest BCUT2D eigenvalue weighted by Crippen LogP contribution is 2.27. The molecule has 0 aliphatic heterocycles. The second-order valence-corrected chi connectivity index (χ2v) is 7.78. The lowest BCUT2D eigenvalue weighted by Gasteiger charge is -2.09. The van der Waals surface area contributed by atoms with Gasteiger partial charge < -0.3 is 9.73 Å². The van der Waals surface area contributed by atoms with Crippen LogP contribution in [-0.2, 0) is 0 Å². The van der Waals surface area contributed by atoms with Crippen molar-refractivity contribution in [2.75, 3.05) is 5.32 Å². The lowest BCUT2D eigenvalue weighted by atomic mass is 10.1. The summed E-state index contributed by atoms with van der Waals surface area (Å²) < 4.78 is 6.69. The number of thiocarbonyl (C=S) groups is 1. The summed E-state index contributed by atoms with van der Waals surface area (Å²) in [6.07, 6.45) is 0. The summed E-state index contributed by atoms with van der Waals surface area (Å²) in [5, 5.41) is 6.25. The minimum atomic E-state index is -0.445. The highest BCUT2D eigenvalue weighted by Gasteiger charge is 2.14. The second-order valence-electron chi connectivity index (χ2n) is 5.80. The van der Waals surface area contributed by atoms with Crippen LogP contribution in [-0.4, -0.2) is 16.0 Å². The van der Waals surface area contributed by atoms with Gasteiger partial charge in [-0.15, -0.1) is 0 Å². The van der Waals surface area contributed by atoms with E-state index >= 15 is 0 Å². The number of carbonyl (C=O) groups excluding carboxylic acids is 1. The van der Waals surface area contributed by atoms with Crippen molar-refractivity contribution in [3.63, 3.8) is 0 Å². The van der Waals surface area contributed by atoms with E-state index in [1.807, 2.05) is 32.0 Å². The van der Waals surface area contributed by atoms with Gasteiger partial charge in [-0.1, -0.05) is 23.7 Å².